The number of hydrogen-bond donors (Lipinski definition) is 0. The van der Waals surface area contributed by atoms with E-state index in [1.807, 2.05) is 12.1 Å². The molecule has 0 N–H and O–H groups in total. The molecule has 0 saturated carbocycles. The van der Waals surface area contributed by atoms with Crippen molar-refractivity contribution >= 4 is 10.9 Å². The van der Waals surface area contributed by atoms with Crippen LogP contribution >= 0.6 is 0 Å². The molecule has 19 heavy (non-hydrogen) atoms. The molecule has 95 valence electrons. The van der Waals surface area contributed by atoms with E-state index in [0.29, 0.717) is 0 Å². The van der Waals surface area contributed by atoms with Crippen LogP contribution in [0.25, 0.3) is 10.9 Å². The predicted octanol–water partition coefficient (Wildman–Crippen LogP) is 3.88. The summed E-state index contributed by atoms with van der Waals surface area (Å²) < 4.78 is 7.41. The SMILES string of the molecule is [CH2]c1cn(Cc2ccc(OC)cc2)c2ccccc12. The molecule has 1 heterocycles. The van der Waals surface area contributed by atoms with E-state index in [2.05, 4.69) is 54.1 Å². The monoisotopic (exact) mass is 250 g/mol. The van der Waals surface area contributed by atoms with Gasteiger partial charge in [-0.2, -0.15) is 0 Å². The van der Waals surface area contributed by atoms with Crippen LogP contribution in [0.4, 0.5) is 0 Å². The highest BCUT2D eigenvalue weighted by molar-refractivity contribution is 5.84. The Morgan fingerprint density at radius 1 is 1.05 bits per heavy atom. The Morgan fingerprint density at radius 2 is 1.79 bits per heavy atom. The Bertz CT molecular complexity index is 695. The number of methoxy groups -OCH3 is 1. The molecule has 0 unspecified atom stereocenters. The zero-order valence-corrected chi connectivity index (χ0v) is 11.0. The van der Waals surface area contributed by atoms with Crippen LogP contribution in [0.2, 0.25) is 0 Å². The van der Waals surface area contributed by atoms with Gasteiger partial charge in [-0.1, -0.05) is 30.3 Å². The summed E-state index contributed by atoms with van der Waals surface area (Å²) >= 11 is 0. The van der Waals surface area contributed by atoms with Crippen LogP contribution in [0.1, 0.15) is 11.1 Å². The van der Waals surface area contributed by atoms with Crippen molar-refractivity contribution < 1.29 is 4.74 Å². The van der Waals surface area contributed by atoms with Crippen molar-refractivity contribution in [2.75, 3.05) is 7.11 Å². The molecule has 0 spiro atoms. The number of hydrogen-bond acceptors (Lipinski definition) is 1. The van der Waals surface area contributed by atoms with Gasteiger partial charge in [0.25, 0.3) is 0 Å². The van der Waals surface area contributed by atoms with Crippen molar-refractivity contribution in [2.24, 2.45) is 0 Å². The van der Waals surface area contributed by atoms with E-state index in [1.165, 1.54) is 16.5 Å². The molecule has 0 fully saturated rings. The molecule has 3 aromatic rings. The van der Waals surface area contributed by atoms with Gasteiger partial charge in [-0.15, -0.1) is 0 Å². The lowest BCUT2D eigenvalue weighted by Crippen LogP contribution is -1.97. The summed E-state index contributed by atoms with van der Waals surface area (Å²) in [4.78, 5) is 0. The van der Waals surface area contributed by atoms with Crippen molar-refractivity contribution in [1.82, 2.24) is 4.57 Å². The molecule has 3 rings (SSSR count). The number of ether oxygens (including phenoxy) is 1. The number of nitrogens with zero attached hydrogens (tertiary/aromatic N) is 1. The topological polar surface area (TPSA) is 14.2 Å². The van der Waals surface area contributed by atoms with Crippen LogP contribution in [0.15, 0.2) is 54.7 Å². The number of para-hydroxylation sites is 1. The average molecular weight is 250 g/mol. The first-order valence-electron chi connectivity index (χ1n) is 6.30. The fraction of sp³-hybridized carbons (Fsp3) is 0.118. The minimum atomic E-state index is 0.847. The summed E-state index contributed by atoms with van der Waals surface area (Å²) in [5.41, 5.74) is 3.55. The van der Waals surface area contributed by atoms with Gasteiger partial charge in [0, 0.05) is 23.6 Å². The van der Waals surface area contributed by atoms with Gasteiger partial charge in [-0.3, -0.25) is 0 Å². The highest BCUT2D eigenvalue weighted by atomic mass is 16.5. The summed E-state index contributed by atoms with van der Waals surface area (Å²) in [6, 6.07) is 16.5. The van der Waals surface area contributed by atoms with E-state index in [9.17, 15) is 0 Å². The second-order valence-corrected chi connectivity index (χ2v) is 4.65. The molecule has 2 aromatic carbocycles. The molecule has 1 aromatic heterocycles. The quantitative estimate of drug-likeness (QED) is 0.688. The summed E-state index contributed by atoms with van der Waals surface area (Å²) in [6.07, 6.45) is 2.11. The van der Waals surface area contributed by atoms with Crippen molar-refractivity contribution in [2.45, 2.75) is 6.54 Å². The zero-order valence-electron chi connectivity index (χ0n) is 11.0. The van der Waals surface area contributed by atoms with Crippen LogP contribution in [0, 0.1) is 6.92 Å². The molecule has 0 aliphatic carbocycles. The van der Waals surface area contributed by atoms with Gasteiger partial charge in [-0.05, 0) is 36.2 Å². The van der Waals surface area contributed by atoms with Crippen LogP contribution in [0.5, 0.6) is 5.75 Å². The van der Waals surface area contributed by atoms with Crippen LogP contribution in [-0.4, -0.2) is 11.7 Å². The first-order valence-corrected chi connectivity index (χ1v) is 6.30. The Morgan fingerprint density at radius 3 is 2.53 bits per heavy atom. The fourth-order valence-corrected chi connectivity index (χ4v) is 2.38. The maximum absolute atomic E-state index is 5.18. The van der Waals surface area contributed by atoms with E-state index < -0.39 is 0 Å². The molecule has 0 bridgehead atoms. The third kappa shape index (κ3) is 2.22. The third-order valence-corrected chi connectivity index (χ3v) is 3.38. The van der Waals surface area contributed by atoms with Crippen molar-refractivity contribution in [3.05, 3.63) is 72.8 Å². The van der Waals surface area contributed by atoms with Gasteiger partial charge in [0.2, 0.25) is 0 Å². The maximum Gasteiger partial charge on any atom is 0.118 e. The number of rotatable bonds is 3. The number of benzene rings is 2. The molecule has 0 amide bonds. The van der Waals surface area contributed by atoms with Gasteiger partial charge < -0.3 is 9.30 Å². The lowest BCUT2D eigenvalue weighted by molar-refractivity contribution is 0.414. The fourth-order valence-electron chi connectivity index (χ4n) is 2.38. The standard InChI is InChI=1S/C17H16NO/c1-13-11-18(17-6-4-3-5-16(13)17)12-14-7-9-15(19-2)10-8-14/h3-11H,1,12H2,2H3. The predicted molar refractivity (Wildman–Crippen MR) is 78.5 cm³/mol. The number of fused-ring (bicyclic) bond motifs is 1. The van der Waals surface area contributed by atoms with Crippen molar-refractivity contribution in [3.8, 4) is 5.75 Å². The molecule has 0 aliphatic heterocycles. The highest BCUT2D eigenvalue weighted by Gasteiger charge is 2.05. The van der Waals surface area contributed by atoms with Gasteiger partial charge >= 0.3 is 0 Å². The number of aromatic nitrogens is 1. The summed E-state index contributed by atoms with van der Waals surface area (Å²) in [6.45, 7) is 4.94. The van der Waals surface area contributed by atoms with Gasteiger partial charge in [0.05, 0.1) is 7.11 Å². The van der Waals surface area contributed by atoms with Gasteiger partial charge in [0.15, 0.2) is 0 Å². The Balaban J connectivity index is 1.96. The normalized spacial score (nSPS) is 10.8. The molecule has 0 aliphatic rings. The lowest BCUT2D eigenvalue weighted by atomic mass is 10.2. The highest BCUT2D eigenvalue weighted by Crippen LogP contribution is 2.22. The maximum atomic E-state index is 5.18. The zero-order chi connectivity index (χ0) is 13.2. The molecule has 0 saturated heterocycles. The molecular formula is C17H16NO. The molecule has 0 atom stereocenters. The van der Waals surface area contributed by atoms with E-state index in [0.717, 1.165) is 17.9 Å². The molecule has 1 radical (unpaired) electrons. The minimum absolute atomic E-state index is 0.847. The second kappa shape index (κ2) is 4.81. The molecular weight excluding hydrogens is 234 g/mol. The van der Waals surface area contributed by atoms with Gasteiger partial charge in [0.1, 0.15) is 5.75 Å². The molecule has 2 nitrogen and oxygen atoms in total. The van der Waals surface area contributed by atoms with Crippen molar-refractivity contribution in [3.63, 3.8) is 0 Å². The summed E-state index contributed by atoms with van der Waals surface area (Å²) in [5, 5.41) is 1.22. The van der Waals surface area contributed by atoms with E-state index >= 15 is 0 Å². The van der Waals surface area contributed by atoms with Crippen LogP contribution in [0.3, 0.4) is 0 Å². The van der Waals surface area contributed by atoms with Crippen molar-refractivity contribution in [1.29, 1.82) is 0 Å². The second-order valence-electron chi connectivity index (χ2n) is 4.65. The Kier molecular flexibility index (Phi) is 3.00. The summed E-state index contributed by atoms with van der Waals surface area (Å²) in [5.74, 6) is 0.888. The van der Waals surface area contributed by atoms with Gasteiger partial charge in [-0.25, -0.2) is 0 Å². The van der Waals surface area contributed by atoms with Crippen LogP contribution < -0.4 is 4.74 Å². The Hall–Kier alpha value is -2.22. The third-order valence-electron chi connectivity index (χ3n) is 3.38. The van der Waals surface area contributed by atoms with E-state index in [-0.39, 0.29) is 0 Å². The smallest absolute Gasteiger partial charge is 0.118 e. The average Bonchev–Trinajstić information content (AvgIpc) is 2.77. The summed E-state index contributed by atoms with van der Waals surface area (Å²) in [7, 11) is 1.68. The first-order chi connectivity index (χ1) is 9.28. The Labute approximate surface area is 113 Å². The van der Waals surface area contributed by atoms with Crippen LogP contribution in [-0.2, 0) is 6.54 Å². The lowest BCUT2D eigenvalue weighted by Gasteiger charge is -2.06. The molecule has 2 heteroatoms. The van der Waals surface area contributed by atoms with E-state index in [1.54, 1.807) is 7.11 Å². The first kappa shape index (κ1) is 11.8. The van der Waals surface area contributed by atoms with E-state index in [4.69, 9.17) is 4.74 Å². The minimum Gasteiger partial charge on any atom is -0.497 e. The largest absolute Gasteiger partial charge is 0.497 e.